The lowest BCUT2D eigenvalue weighted by atomic mass is 10.2. The minimum Gasteiger partial charge on any atom is -0.375 e. The molecule has 2 atom stereocenters. The molecule has 0 aliphatic rings. The van der Waals surface area contributed by atoms with Crippen LogP contribution in [0.2, 0.25) is 0 Å². The van der Waals surface area contributed by atoms with Gasteiger partial charge in [0.1, 0.15) is 11.3 Å². The van der Waals surface area contributed by atoms with Gasteiger partial charge in [-0.15, -0.1) is 0 Å². The van der Waals surface area contributed by atoms with Crippen LogP contribution in [0.15, 0.2) is 71.9 Å². The Labute approximate surface area is 182 Å². The van der Waals surface area contributed by atoms with Crippen LogP contribution in [0.5, 0.6) is 0 Å². The van der Waals surface area contributed by atoms with Crippen LogP contribution in [0.1, 0.15) is 27.2 Å². The molecule has 2 aromatic heterocycles. The van der Waals surface area contributed by atoms with Gasteiger partial charge >= 0.3 is 0 Å². The highest BCUT2D eigenvalue weighted by molar-refractivity contribution is 7.85. The number of imidazole rings is 1. The number of carbonyl (C=O) groups excluding carboxylic acids is 1. The zero-order chi connectivity index (χ0) is 22.1. The van der Waals surface area contributed by atoms with Gasteiger partial charge in [0.25, 0.3) is 5.91 Å². The fourth-order valence-corrected chi connectivity index (χ4v) is 4.70. The maximum Gasteiger partial charge on any atom is 0.254 e. The average molecular weight is 435 g/mol. The van der Waals surface area contributed by atoms with Crippen molar-refractivity contribution in [2.75, 3.05) is 14.1 Å². The van der Waals surface area contributed by atoms with Crippen molar-refractivity contribution in [1.82, 2.24) is 19.4 Å². The summed E-state index contributed by atoms with van der Waals surface area (Å²) in [5, 5.41) is 10.8. The quantitative estimate of drug-likeness (QED) is 0.521. The van der Waals surface area contributed by atoms with E-state index < -0.39 is 16.2 Å². The Kier molecular flexibility index (Phi) is 5.67. The van der Waals surface area contributed by atoms with E-state index in [0.717, 1.165) is 22.5 Å². The van der Waals surface area contributed by atoms with Crippen LogP contribution in [0.25, 0.3) is 16.7 Å². The first-order valence-electron chi connectivity index (χ1n) is 9.67. The van der Waals surface area contributed by atoms with Gasteiger partial charge in [0.2, 0.25) is 0 Å². The van der Waals surface area contributed by atoms with Gasteiger partial charge in [0, 0.05) is 26.0 Å². The second kappa shape index (κ2) is 8.41. The largest absolute Gasteiger partial charge is 0.375 e. The number of hydrogen-bond acceptors (Lipinski definition) is 5. The molecule has 0 aliphatic heterocycles. The van der Waals surface area contributed by atoms with Gasteiger partial charge in [-0.2, -0.15) is 0 Å². The summed E-state index contributed by atoms with van der Waals surface area (Å²) in [5.41, 5.74) is 2.15. The Morgan fingerprint density at radius 3 is 2.52 bits per heavy atom. The lowest BCUT2D eigenvalue weighted by molar-refractivity contribution is 0.0824. The van der Waals surface area contributed by atoms with Crippen LogP contribution >= 0.6 is 0 Å². The molecule has 4 rings (SSSR count). The molecule has 2 aromatic carbocycles. The number of fused-ring (bicyclic) bond motifs is 1. The first-order valence-corrected chi connectivity index (χ1v) is 10.9. The number of nitrogens with zero attached hydrogens (tertiary/aromatic N) is 4. The summed E-state index contributed by atoms with van der Waals surface area (Å²) in [4.78, 5) is 22.8. The summed E-state index contributed by atoms with van der Waals surface area (Å²) in [5.74, 6) is 0.555. The van der Waals surface area contributed by atoms with Crippen LogP contribution in [0.3, 0.4) is 0 Å². The zero-order valence-corrected chi connectivity index (χ0v) is 18.2. The molecule has 158 valence electrons. The summed E-state index contributed by atoms with van der Waals surface area (Å²) in [7, 11) is 1.45. The minimum atomic E-state index is -1.82. The van der Waals surface area contributed by atoms with E-state index in [9.17, 15) is 14.1 Å². The molecule has 2 heterocycles. The zero-order valence-electron chi connectivity index (χ0n) is 17.4. The number of hydrogen-bond donors (Lipinski definition) is 1. The molecule has 1 amide bonds. The van der Waals surface area contributed by atoms with Crippen molar-refractivity contribution in [3.8, 4) is 5.69 Å². The number of amides is 1. The molecule has 0 aliphatic carbocycles. The predicted octanol–water partition coefficient (Wildman–Crippen LogP) is 3.23. The lowest BCUT2D eigenvalue weighted by Gasteiger charge is -2.17. The number of benzene rings is 2. The molecule has 1 N–H and O–H groups in total. The van der Waals surface area contributed by atoms with Crippen molar-refractivity contribution in [2.24, 2.45) is 0 Å². The summed E-state index contributed by atoms with van der Waals surface area (Å²) >= 11 is 0. The number of pyridine rings is 1. The van der Waals surface area contributed by atoms with Crippen LogP contribution in [0.4, 0.5) is 0 Å². The van der Waals surface area contributed by atoms with Crippen molar-refractivity contribution < 1.29 is 14.1 Å². The molecule has 0 saturated carbocycles. The monoisotopic (exact) mass is 434 g/mol. The highest BCUT2D eigenvalue weighted by atomic mass is 32.2. The van der Waals surface area contributed by atoms with Crippen molar-refractivity contribution in [3.63, 3.8) is 0 Å². The standard InChI is InChI=1S/C23H22N4O3S/c1-15-25-19-14-24-13-12-20(19)27(15)17-10-8-16(9-11-17)23(29)31(30)21-7-5-4-6-18(21)22(28)26(2)3/h4-14,23,29H,1-3H3. The smallest absolute Gasteiger partial charge is 0.254 e. The van der Waals surface area contributed by atoms with E-state index in [2.05, 4.69) is 9.97 Å². The summed E-state index contributed by atoms with van der Waals surface area (Å²) in [6, 6.07) is 15.7. The number of rotatable bonds is 5. The van der Waals surface area contributed by atoms with Crippen LogP contribution < -0.4 is 0 Å². The molecule has 8 heteroatoms. The van der Waals surface area contributed by atoms with E-state index in [-0.39, 0.29) is 5.91 Å². The Balaban J connectivity index is 1.65. The van der Waals surface area contributed by atoms with Crippen molar-refractivity contribution >= 4 is 27.7 Å². The Morgan fingerprint density at radius 2 is 1.81 bits per heavy atom. The Hall–Kier alpha value is -3.36. The third kappa shape index (κ3) is 3.87. The molecule has 0 spiro atoms. The molecule has 31 heavy (non-hydrogen) atoms. The lowest BCUT2D eigenvalue weighted by Crippen LogP contribution is -2.23. The second-order valence-corrected chi connectivity index (χ2v) is 8.78. The van der Waals surface area contributed by atoms with Gasteiger partial charge in [-0.25, -0.2) is 4.98 Å². The van der Waals surface area contributed by atoms with Crippen molar-refractivity contribution in [3.05, 3.63) is 83.9 Å². The van der Waals surface area contributed by atoms with E-state index in [0.29, 0.717) is 16.0 Å². The summed E-state index contributed by atoms with van der Waals surface area (Å²) < 4.78 is 15.1. The van der Waals surface area contributed by atoms with Gasteiger partial charge in [-0.3, -0.25) is 18.6 Å². The van der Waals surface area contributed by atoms with Gasteiger partial charge in [0.15, 0.2) is 5.44 Å². The molecule has 7 nitrogen and oxygen atoms in total. The molecule has 0 fully saturated rings. The molecular formula is C23H22N4O3S. The first-order chi connectivity index (χ1) is 14.9. The molecule has 0 bridgehead atoms. The van der Waals surface area contributed by atoms with Crippen molar-refractivity contribution in [2.45, 2.75) is 17.3 Å². The normalized spacial score (nSPS) is 13.2. The number of aliphatic hydroxyl groups excluding tert-OH is 1. The van der Waals surface area contributed by atoms with E-state index in [1.807, 2.05) is 29.7 Å². The molecule has 4 aromatic rings. The topological polar surface area (TPSA) is 88.3 Å². The first kappa shape index (κ1) is 20.9. The van der Waals surface area contributed by atoms with Gasteiger partial charge in [-0.1, -0.05) is 24.3 Å². The second-order valence-electron chi connectivity index (χ2n) is 7.30. The van der Waals surface area contributed by atoms with Crippen LogP contribution in [-0.2, 0) is 10.8 Å². The van der Waals surface area contributed by atoms with Gasteiger partial charge in [-0.05, 0) is 42.8 Å². The highest BCUT2D eigenvalue weighted by Gasteiger charge is 2.23. The maximum absolute atomic E-state index is 13.1. The fraction of sp³-hybridized carbons (Fsp3) is 0.174. The van der Waals surface area contributed by atoms with Crippen LogP contribution in [-0.4, -0.2) is 48.8 Å². The third-order valence-corrected chi connectivity index (χ3v) is 6.47. The third-order valence-electron chi connectivity index (χ3n) is 5.00. The summed E-state index contributed by atoms with van der Waals surface area (Å²) in [6.07, 6.45) is 3.43. The number of aromatic nitrogens is 3. The molecule has 2 unspecified atom stereocenters. The fourth-order valence-electron chi connectivity index (χ4n) is 3.47. The SMILES string of the molecule is Cc1nc2cnccc2n1-c1ccc(C(O)S(=O)c2ccccc2C(=O)N(C)C)cc1. The predicted molar refractivity (Wildman–Crippen MR) is 119 cm³/mol. The van der Waals surface area contributed by atoms with Gasteiger partial charge in [0.05, 0.1) is 33.0 Å². The molecular weight excluding hydrogens is 412 g/mol. The molecule has 0 radical (unpaired) electrons. The average Bonchev–Trinajstić information content (AvgIpc) is 3.13. The minimum absolute atomic E-state index is 0.261. The van der Waals surface area contributed by atoms with Crippen molar-refractivity contribution in [1.29, 1.82) is 0 Å². The number of carbonyl (C=O) groups is 1. The Bertz CT molecular complexity index is 1280. The van der Waals surface area contributed by atoms with Gasteiger partial charge < -0.3 is 10.0 Å². The highest BCUT2D eigenvalue weighted by Crippen LogP contribution is 2.27. The summed E-state index contributed by atoms with van der Waals surface area (Å²) in [6.45, 7) is 1.91. The van der Waals surface area contributed by atoms with E-state index >= 15 is 0 Å². The molecule has 0 saturated heterocycles. The maximum atomic E-state index is 13.1. The Morgan fingerprint density at radius 1 is 1.10 bits per heavy atom. The van der Waals surface area contributed by atoms with E-state index in [1.165, 1.54) is 4.90 Å². The number of aliphatic hydroxyl groups is 1. The van der Waals surface area contributed by atoms with E-state index in [4.69, 9.17) is 0 Å². The van der Waals surface area contributed by atoms with Crippen LogP contribution in [0, 0.1) is 6.92 Å². The van der Waals surface area contributed by atoms with E-state index in [1.54, 1.807) is 62.9 Å². The number of aryl methyl sites for hydroxylation is 1.